The summed E-state index contributed by atoms with van der Waals surface area (Å²) >= 11 is 0. The number of amides is 3. The predicted octanol–water partition coefficient (Wildman–Crippen LogP) is 0.288. The van der Waals surface area contributed by atoms with Gasteiger partial charge in [-0.25, -0.2) is 0 Å². The highest BCUT2D eigenvalue weighted by Gasteiger charge is 2.40. The van der Waals surface area contributed by atoms with Crippen molar-refractivity contribution >= 4 is 17.7 Å². The van der Waals surface area contributed by atoms with Crippen LogP contribution in [0.15, 0.2) is 18.2 Å². The van der Waals surface area contributed by atoms with Crippen molar-refractivity contribution in [2.24, 2.45) is 5.92 Å². The van der Waals surface area contributed by atoms with Gasteiger partial charge in [0.15, 0.2) is 0 Å². The third kappa shape index (κ3) is 2.95. The van der Waals surface area contributed by atoms with Gasteiger partial charge in [0.1, 0.15) is 6.04 Å². The van der Waals surface area contributed by atoms with Crippen molar-refractivity contribution < 1.29 is 14.4 Å². The summed E-state index contributed by atoms with van der Waals surface area (Å²) in [5, 5.41) is 9.53. The first-order valence-electron chi connectivity index (χ1n) is 9.82. The zero-order valence-electron chi connectivity index (χ0n) is 15.2. The van der Waals surface area contributed by atoms with Gasteiger partial charge >= 0.3 is 0 Å². The van der Waals surface area contributed by atoms with Gasteiger partial charge in [0, 0.05) is 37.2 Å². The van der Waals surface area contributed by atoms with Crippen LogP contribution in [0.25, 0.3) is 0 Å². The van der Waals surface area contributed by atoms with Crippen molar-refractivity contribution in [3.8, 4) is 0 Å². The average Bonchev–Trinajstić information content (AvgIpc) is 3.35. The molecule has 2 saturated heterocycles. The lowest BCUT2D eigenvalue weighted by Gasteiger charge is -2.29. The summed E-state index contributed by atoms with van der Waals surface area (Å²) in [6, 6.07) is 6.55. The number of imide groups is 1. The van der Waals surface area contributed by atoms with Crippen LogP contribution in [-0.2, 0) is 22.7 Å². The van der Waals surface area contributed by atoms with E-state index >= 15 is 0 Å². The van der Waals surface area contributed by atoms with Crippen LogP contribution in [0.5, 0.6) is 0 Å². The van der Waals surface area contributed by atoms with E-state index in [4.69, 9.17) is 0 Å². The molecule has 4 aliphatic rings. The van der Waals surface area contributed by atoms with Crippen molar-refractivity contribution in [3.63, 3.8) is 0 Å². The molecule has 1 aromatic rings. The molecule has 1 aliphatic carbocycles. The number of benzene rings is 1. The van der Waals surface area contributed by atoms with E-state index in [-0.39, 0.29) is 24.1 Å². The molecular formula is C20H24N4O3. The largest absolute Gasteiger partial charge is 0.322 e. The van der Waals surface area contributed by atoms with Crippen molar-refractivity contribution in [3.05, 3.63) is 34.9 Å². The minimum Gasteiger partial charge on any atom is -0.322 e. The highest BCUT2D eigenvalue weighted by atomic mass is 16.2. The fourth-order valence-electron chi connectivity index (χ4n) is 5.04. The Morgan fingerprint density at radius 1 is 1.19 bits per heavy atom. The molecular weight excluding hydrogens is 344 g/mol. The number of hydrogen-bond donors (Lipinski definition) is 3. The number of fused-ring (bicyclic) bond motifs is 3. The minimum atomic E-state index is -0.552. The van der Waals surface area contributed by atoms with Crippen molar-refractivity contribution in [1.82, 2.24) is 20.9 Å². The highest BCUT2D eigenvalue weighted by Crippen LogP contribution is 2.32. The Labute approximate surface area is 157 Å². The van der Waals surface area contributed by atoms with Crippen LogP contribution < -0.4 is 16.0 Å². The number of hydrogen-bond acceptors (Lipinski definition) is 5. The Kier molecular flexibility index (Phi) is 4.02. The Balaban J connectivity index is 1.27. The second-order valence-electron chi connectivity index (χ2n) is 8.23. The molecule has 1 unspecified atom stereocenters. The smallest absolute Gasteiger partial charge is 0.255 e. The van der Waals surface area contributed by atoms with Crippen LogP contribution in [0.4, 0.5) is 0 Å². The molecule has 4 atom stereocenters. The van der Waals surface area contributed by atoms with Gasteiger partial charge in [-0.15, -0.1) is 0 Å². The Bertz CT molecular complexity index is 823. The summed E-state index contributed by atoms with van der Waals surface area (Å²) in [6.07, 6.45) is 3.17. The number of piperidine rings is 2. The summed E-state index contributed by atoms with van der Waals surface area (Å²) in [6.45, 7) is 2.32. The van der Waals surface area contributed by atoms with Gasteiger partial charge in [-0.1, -0.05) is 12.1 Å². The Hall–Kier alpha value is -2.25. The molecule has 1 saturated carbocycles. The van der Waals surface area contributed by atoms with Gasteiger partial charge in [-0.3, -0.25) is 19.7 Å². The van der Waals surface area contributed by atoms with E-state index in [1.165, 1.54) is 12.8 Å². The van der Waals surface area contributed by atoms with E-state index in [2.05, 4.69) is 22.0 Å². The van der Waals surface area contributed by atoms with Gasteiger partial charge in [-0.2, -0.15) is 0 Å². The van der Waals surface area contributed by atoms with Gasteiger partial charge in [0.2, 0.25) is 11.8 Å². The molecule has 27 heavy (non-hydrogen) atoms. The number of rotatable bonds is 4. The third-order valence-corrected chi connectivity index (χ3v) is 6.49. The molecule has 3 N–H and O–H groups in total. The first-order chi connectivity index (χ1) is 13.1. The predicted molar refractivity (Wildman–Crippen MR) is 97.6 cm³/mol. The molecule has 3 fully saturated rings. The number of carbonyl (C=O) groups excluding carboxylic acids is 3. The number of nitrogens with zero attached hydrogens (tertiary/aromatic N) is 1. The maximum Gasteiger partial charge on any atom is 0.255 e. The summed E-state index contributed by atoms with van der Waals surface area (Å²) in [4.78, 5) is 38.0. The standard InChI is InChI=1S/C20H24N4O3/c25-18-4-3-17(19(26)23-18)24-10-13-2-1-11(5-14(13)20(24)27)8-21-15-6-12-7-16(15)22-9-12/h1-2,5,12,15-17,21-22H,3-4,6-10H2,(H,23,25,26)/t12-,15+,16-,17?/m0/s1. The highest BCUT2D eigenvalue weighted by molar-refractivity contribution is 6.05. The van der Waals surface area contributed by atoms with Crippen LogP contribution in [0.2, 0.25) is 0 Å². The van der Waals surface area contributed by atoms with Crippen LogP contribution in [0, 0.1) is 5.92 Å². The number of nitrogens with one attached hydrogen (secondary N) is 3. The van der Waals surface area contributed by atoms with E-state index in [9.17, 15) is 14.4 Å². The molecule has 1 aromatic carbocycles. The van der Waals surface area contributed by atoms with E-state index in [0.717, 1.165) is 30.1 Å². The maximum absolute atomic E-state index is 12.9. The lowest BCUT2D eigenvalue weighted by Crippen LogP contribution is -2.52. The maximum atomic E-state index is 12.9. The van der Waals surface area contributed by atoms with Crippen LogP contribution in [0.3, 0.4) is 0 Å². The molecule has 2 bridgehead atoms. The second kappa shape index (κ2) is 6.42. The summed E-state index contributed by atoms with van der Waals surface area (Å²) < 4.78 is 0. The Morgan fingerprint density at radius 2 is 2.07 bits per heavy atom. The quantitative estimate of drug-likeness (QED) is 0.665. The zero-order chi connectivity index (χ0) is 18.5. The topological polar surface area (TPSA) is 90.5 Å². The average molecular weight is 368 g/mol. The normalized spacial score (nSPS) is 32.1. The third-order valence-electron chi connectivity index (χ3n) is 6.49. The minimum absolute atomic E-state index is 0.108. The Morgan fingerprint density at radius 3 is 2.81 bits per heavy atom. The zero-order valence-corrected chi connectivity index (χ0v) is 15.2. The fraction of sp³-hybridized carbons (Fsp3) is 0.550. The molecule has 3 aliphatic heterocycles. The van der Waals surface area contributed by atoms with E-state index in [1.807, 2.05) is 12.1 Å². The lowest BCUT2D eigenvalue weighted by molar-refractivity contribution is -0.136. The van der Waals surface area contributed by atoms with E-state index in [0.29, 0.717) is 30.6 Å². The number of carbonyl (C=O) groups is 3. The molecule has 7 heteroatoms. The van der Waals surface area contributed by atoms with Crippen molar-refractivity contribution in [2.45, 2.75) is 56.9 Å². The van der Waals surface area contributed by atoms with Crippen molar-refractivity contribution in [2.75, 3.05) is 6.54 Å². The van der Waals surface area contributed by atoms with Gasteiger partial charge in [-0.05, 0) is 48.9 Å². The SMILES string of the molecule is O=C1CCC(N2Cc3ccc(CN[C@@H]4C[C@@H]5CN[C@H]4C5)cc3C2=O)C(=O)N1. The van der Waals surface area contributed by atoms with Crippen LogP contribution in [0.1, 0.15) is 47.2 Å². The van der Waals surface area contributed by atoms with Gasteiger partial charge in [0.05, 0.1) is 0 Å². The molecule has 0 aromatic heterocycles. The first kappa shape index (κ1) is 16.9. The molecule has 5 rings (SSSR count). The van der Waals surface area contributed by atoms with E-state index in [1.54, 1.807) is 4.90 Å². The first-order valence-corrected chi connectivity index (χ1v) is 9.82. The molecule has 142 valence electrons. The monoisotopic (exact) mass is 368 g/mol. The lowest BCUT2D eigenvalue weighted by atomic mass is 10.0. The molecule has 3 heterocycles. The molecule has 3 amide bonds. The van der Waals surface area contributed by atoms with Gasteiger partial charge < -0.3 is 15.5 Å². The summed E-state index contributed by atoms with van der Waals surface area (Å²) in [5.41, 5.74) is 2.73. The van der Waals surface area contributed by atoms with Gasteiger partial charge in [0.25, 0.3) is 5.91 Å². The summed E-state index contributed by atoms with van der Waals surface area (Å²) in [5.74, 6) is 0.0704. The summed E-state index contributed by atoms with van der Waals surface area (Å²) in [7, 11) is 0. The second-order valence-corrected chi connectivity index (χ2v) is 8.23. The fourth-order valence-corrected chi connectivity index (χ4v) is 5.04. The van der Waals surface area contributed by atoms with Crippen LogP contribution in [-0.4, -0.2) is 47.3 Å². The molecule has 0 radical (unpaired) electrons. The van der Waals surface area contributed by atoms with E-state index < -0.39 is 6.04 Å². The van der Waals surface area contributed by atoms with Crippen LogP contribution >= 0.6 is 0 Å². The molecule has 0 spiro atoms. The molecule has 7 nitrogen and oxygen atoms in total. The van der Waals surface area contributed by atoms with Crippen molar-refractivity contribution in [1.29, 1.82) is 0 Å².